The average molecular weight is 972 g/mol. The highest BCUT2D eigenvalue weighted by molar-refractivity contribution is 5.95. The molecular formula is C51H61N3O16. The minimum absolute atomic E-state index is 0.00313. The number of carbonyl (C=O) groups excluding carboxylic acids is 4. The number of amides is 2. The molecular weight excluding hydrogens is 911 g/mol. The van der Waals surface area contributed by atoms with Crippen LogP contribution in [0.4, 0.5) is 0 Å². The molecule has 0 radical (unpaired) electrons. The van der Waals surface area contributed by atoms with Crippen LogP contribution in [-0.4, -0.2) is 153 Å². The van der Waals surface area contributed by atoms with Gasteiger partial charge < -0.3 is 64.6 Å². The molecule has 1 saturated carbocycles. The van der Waals surface area contributed by atoms with E-state index >= 15 is 4.79 Å². The molecule has 7 N–H and O–H groups in total. The van der Waals surface area contributed by atoms with E-state index in [1.807, 2.05) is 48.5 Å². The quantitative estimate of drug-likeness (QED) is 0.0993. The first-order chi connectivity index (χ1) is 33.5. The summed E-state index contributed by atoms with van der Waals surface area (Å²) in [6.07, 6.45) is -5.49. The zero-order chi connectivity index (χ0) is 49.5. The maximum atomic E-state index is 15.0. The summed E-state index contributed by atoms with van der Waals surface area (Å²) in [7, 11) is 0. The van der Waals surface area contributed by atoms with Gasteiger partial charge in [0.2, 0.25) is 5.91 Å². The first-order valence-corrected chi connectivity index (χ1v) is 23.7. The molecule has 376 valence electrons. The highest BCUT2D eigenvalue weighted by Crippen LogP contribution is 2.58. The van der Waals surface area contributed by atoms with Crippen LogP contribution in [0.1, 0.15) is 78.2 Å². The number of nitrogens with zero attached hydrogens (tertiary/aromatic N) is 1. The van der Waals surface area contributed by atoms with Crippen molar-refractivity contribution in [1.29, 1.82) is 0 Å². The van der Waals surface area contributed by atoms with E-state index in [-0.39, 0.29) is 51.1 Å². The van der Waals surface area contributed by atoms with E-state index in [0.29, 0.717) is 18.4 Å². The summed E-state index contributed by atoms with van der Waals surface area (Å²) < 4.78 is 36.1. The minimum atomic E-state index is -1.55. The van der Waals surface area contributed by atoms with Gasteiger partial charge in [-0.25, -0.2) is 0 Å². The first kappa shape index (κ1) is 49.8. The zero-order valence-corrected chi connectivity index (χ0v) is 39.2. The van der Waals surface area contributed by atoms with Gasteiger partial charge in [-0.1, -0.05) is 72.8 Å². The maximum absolute atomic E-state index is 15.0. The van der Waals surface area contributed by atoms with Crippen LogP contribution >= 0.6 is 0 Å². The SMILES string of the molecule is CC(C)(C)OC(=O)CCC(CO)NC(=O)c1cccc(CNC(=O)C23CC4OC(=O)C2N(Cc2ccc(C=CCOC5OC(CO)C(O)C(O)C5O)cc2)OC3C2OC3(Cc5ccccc5C3)OC42)c1. The van der Waals surface area contributed by atoms with Gasteiger partial charge >= 0.3 is 11.9 Å². The highest BCUT2D eigenvalue weighted by Gasteiger charge is 2.76. The van der Waals surface area contributed by atoms with Crippen LogP contribution in [0.3, 0.4) is 0 Å². The molecule has 19 heteroatoms. The van der Waals surface area contributed by atoms with E-state index < -0.39 is 114 Å². The lowest BCUT2D eigenvalue weighted by Gasteiger charge is -2.48. The van der Waals surface area contributed by atoms with Crippen molar-refractivity contribution >= 4 is 29.8 Å². The monoisotopic (exact) mass is 971 g/mol. The first-order valence-electron chi connectivity index (χ1n) is 23.7. The Morgan fingerprint density at radius 1 is 0.914 bits per heavy atom. The third-order valence-electron chi connectivity index (χ3n) is 13.9. The van der Waals surface area contributed by atoms with Gasteiger partial charge in [0.25, 0.3) is 5.91 Å². The highest BCUT2D eigenvalue weighted by atomic mass is 16.8. The van der Waals surface area contributed by atoms with Crippen molar-refractivity contribution in [3.8, 4) is 0 Å². The molecule has 70 heavy (non-hydrogen) atoms. The summed E-state index contributed by atoms with van der Waals surface area (Å²) in [4.78, 5) is 61.8. The lowest BCUT2D eigenvalue weighted by Crippen LogP contribution is -2.69. The van der Waals surface area contributed by atoms with Crippen molar-refractivity contribution < 1.29 is 78.0 Å². The molecule has 5 fully saturated rings. The molecule has 0 aromatic heterocycles. The zero-order valence-electron chi connectivity index (χ0n) is 39.2. The number of benzene rings is 3. The molecule has 3 aromatic carbocycles. The Morgan fingerprint density at radius 3 is 2.34 bits per heavy atom. The molecule has 2 aliphatic carbocycles. The Bertz CT molecular complexity index is 2420. The number of esters is 2. The molecule has 19 nitrogen and oxygen atoms in total. The minimum Gasteiger partial charge on any atom is -0.460 e. The number of hydrogen-bond donors (Lipinski definition) is 7. The van der Waals surface area contributed by atoms with Crippen molar-refractivity contribution in [3.63, 3.8) is 0 Å². The molecule has 6 aliphatic rings. The largest absolute Gasteiger partial charge is 0.460 e. The fourth-order valence-corrected chi connectivity index (χ4v) is 10.5. The molecule has 12 atom stereocenters. The molecule has 1 spiro atoms. The number of rotatable bonds is 16. The molecule has 3 aromatic rings. The Balaban J connectivity index is 0.899. The fourth-order valence-electron chi connectivity index (χ4n) is 10.5. The fraction of sp³-hybridized carbons (Fsp3) is 0.529. The normalized spacial score (nSPS) is 31.2. The molecule has 4 heterocycles. The Kier molecular flexibility index (Phi) is 14.3. The number of carbonyl (C=O) groups is 4. The number of hydroxylamine groups is 2. The topological polar surface area (TPSA) is 261 Å². The molecule has 4 aliphatic heterocycles. The third-order valence-corrected chi connectivity index (χ3v) is 13.9. The Hall–Kier alpha value is -5.16. The van der Waals surface area contributed by atoms with E-state index in [1.165, 1.54) is 5.06 Å². The van der Waals surface area contributed by atoms with Crippen molar-refractivity contribution in [3.05, 3.63) is 112 Å². The number of fused-ring (bicyclic) bond motifs is 5. The van der Waals surface area contributed by atoms with Gasteiger partial charge in [-0.05, 0) is 67.1 Å². The van der Waals surface area contributed by atoms with Crippen LogP contribution in [0.2, 0.25) is 0 Å². The van der Waals surface area contributed by atoms with Crippen molar-refractivity contribution in [2.75, 3.05) is 19.8 Å². The second-order valence-corrected chi connectivity index (χ2v) is 20.0. The molecule has 4 saturated heterocycles. The molecule has 2 amide bonds. The summed E-state index contributed by atoms with van der Waals surface area (Å²) in [6, 6.07) is 20.2. The standard InChI is InChI=1S/C51H61N3O16/c1-49(2,3)67-37(57)18-17-34(26-55)53-45(61)31-12-6-8-30(20-31)24-52-48(63)51-23-35-41-42(69-50(68-41)21-32-10-4-5-11-33(32)22-50)44(51)70-54(43(51)46(62)65-35)25-29-15-13-28(14-16-29)9-7-19-64-47-40(60)39(59)38(58)36(27-56)66-47/h4-16,20,34-36,38-44,47,55-56,58-60H,17-19,21-27H2,1-3H3,(H,52,63)(H,53,61). The van der Waals surface area contributed by atoms with E-state index in [0.717, 1.165) is 22.3 Å². The summed E-state index contributed by atoms with van der Waals surface area (Å²) in [6.45, 7) is 4.40. The summed E-state index contributed by atoms with van der Waals surface area (Å²) >= 11 is 0. The van der Waals surface area contributed by atoms with Gasteiger partial charge in [0.05, 0.1) is 32.4 Å². The van der Waals surface area contributed by atoms with Crippen LogP contribution in [0.15, 0.2) is 78.9 Å². The van der Waals surface area contributed by atoms with Gasteiger partial charge in [-0.2, -0.15) is 5.06 Å². The van der Waals surface area contributed by atoms with Crippen molar-refractivity contribution in [2.45, 2.75) is 145 Å². The van der Waals surface area contributed by atoms with Crippen LogP contribution in [-0.2, 0) is 73.6 Å². The Morgan fingerprint density at radius 2 is 1.64 bits per heavy atom. The summed E-state index contributed by atoms with van der Waals surface area (Å²) in [5.74, 6) is -3.03. The average Bonchev–Trinajstić information content (AvgIpc) is 4.02. The molecule has 12 unspecified atom stereocenters. The second kappa shape index (κ2) is 20.2. The van der Waals surface area contributed by atoms with Crippen molar-refractivity contribution in [1.82, 2.24) is 15.7 Å². The summed E-state index contributed by atoms with van der Waals surface area (Å²) in [5, 5.41) is 57.2. The molecule has 2 bridgehead atoms. The van der Waals surface area contributed by atoms with Gasteiger partial charge in [-0.3, -0.25) is 24.0 Å². The predicted molar refractivity (Wildman–Crippen MR) is 244 cm³/mol. The lowest BCUT2D eigenvalue weighted by atomic mass is 9.62. The van der Waals surface area contributed by atoms with E-state index in [9.17, 15) is 39.9 Å². The van der Waals surface area contributed by atoms with Crippen molar-refractivity contribution in [2.24, 2.45) is 5.41 Å². The van der Waals surface area contributed by atoms with Crippen LogP contribution < -0.4 is 10.6 Å². The smallest absolute Gasteiger partial charge is 0.327 e. The third kappa shape index (κ3) is 10.0. The maximum Gasteiger partial charge on any atom is 0.327 e. The number of ether oxygens (including phenoxy) is 6. The van der Waals surface area contributed by atoms with Gasteiger partial charge in [0.1, 0.15) is 59.8 Å². The number of hydrogen-bond acceptors (Lipinski definition) is 17. The second-order valence-electron chi connectivity index (χ2n) is 20.0. The number of nitrogens with one attached hydrogen (secondary N) is 2. The number of aliphatic hydroxyl groups excluding tert-OH is 5. The Labute approximate surface area is 404 Å². The van der Waals surface area contributed by atoms with E-state index in [1.54, 1.807) is 57.2 Å². The van der Waals surface area contributed by atoms with Gasteiger partial charge in [0.15, 0.2) is 18.1 Å². The molecule has 9 rings (SSSR count). The van der Waals surface area contributed by atoms with Crippen LogP contribution in [0, 0.1) is 5.41 Å². The van der Waals surface area contributed by atoms with Gasteiger partial charge in [-0.15, -0.1) is 0 Å². The van der Waals surface area contributed by atoms with Crippen LogP contribution in [0.25, 0.3) is 6.08 Å². The van der Waals surface area contributed by atoms with E-state index in [2.05, 4.69) is 10.6 Å². The number of aliphatic hydroxyl groups is 5. The predicted octanol–water partition coefficient (Wildman–Crippen LogP) is 1.12. The van der Waals surface area contributed by atoms with Crippen LogP contribution in [0.5, 0.6) is 0 Å². The van der Waals surface area contributed by atoms with E-state index in [4.69, 9.17) is 33.3 Å². The van der Waals surface area contributed by atoms with Gasteiger partial charge in [0, 0.05) is 37.8 Å². The lowest BCUT2D eigenvalue weighted by molar-refractivity contribution is -0.298. The summed E-state index contributed by atoms with van der Waals surface area (Å²) in [5.41, 5.74) is 2.45.